The van der Waals surface area contributed by atoms with E-state index in [0.29, 0.717) is 11.1 Å². The van der Waals surface area contributed by atoms with Gasteiger partial charge in [-0.2, -0.15) is 8.78 Å². The molecule has 2 aromatic carbocycles. The number of amides is 3. The van der Waals surface area contributed by atoms with Crippen LogP contribution in [0.3, 0.4) is 0 Å². The number of halogens is 2. The van der Waals surface area contributed by atoms with Gasteiger partial charge in [-0.3, -0.25) is 14.9 Å². The predicted octanol–water partition coefficient (Wildman–Crippen LogP) is 4.52. The zero-order valence-electron chi connectivity index (χ0n) is 19.1. The van der Waals surface area contributed by atoms with Crippen LogP contribution in [0.15, 0.2) is 36.4 Å². The Balaban J connectivity index is 0.00000106. The number of hydrogen-bond acceptors (Lipinski definition) is 5. The van der Waals surface area contributed by atoms with Gasteiger partial charge in [-0.15, -0.1) is 0 Å². The molecule has 11 heteroatoms. The number of carboxylic acid groups (broad SMARTS) is 1. The van der Waals surface area contributed by atoms with Gasteiger partial charge >= 0.3 is 12.7 Å². The molecule has 1 atom stereocenters. The van der Waals surface area contributed by atoms with Crippen LogP contribution in [0.2, 0.25) is 0 Å². The fourth-order valence-corrected chi connectivity index (χ4v) is 3.65. The van der Waals surface area contributed by atoms with E-state index in [-0.39, 0.29) is 42.3 Å². The van der Waals surface area contributed by atoms with Gasteiger partial charge in [0.15, 0.2) is 11.5 Å². The fraction of sp³-hybridized carbons (Fsp3) is 0.375. The summed E-state index contributed by atoms with van der Waals surface area (Å²) in [5.74, 6) is -1.35. The topological polar surface area (TPSA) is 131 Å². The monoisotopic (exact) mass is 491 g/mol. The molecule has 4 N–H and O–H groups in total. The second kappa shape index (κ2) is 11.5. The molecule has 0 radical (unpaired) electrons. The predicted molar refractivity (Wildman–Crippen MR) is 123 cm³/mol. The number of ether oxygens (including phenoxy) is 2. The molecule has 1 aliphatic heterocycles. The van der Waals surface area contributed by atoms with Crippen LogP contribution in [0, 0.1) is 0 Å². The van der Waals surface area contributed by atoms with Crippen molar-refractivity contribution in [2.24, 2.45) is 5.73 Å². The molecule has 3 amide bonds. The zero-order chi connectivity index (χ0) is 25.5. The number of alkyl halides is 2. The molecule has 1 unspecified atom stereocenters. The SMILES string of the molecule is C1CC1.CCOc1cc(C(CC(N)=O)N2Cc3cccc(NC(=O)O)c3C2=O)ccc1OC(F)F. The highest BCUT2D eigenvalue weighted by molar-refractivity contribution is 6.06. The summed E-state index contributed by atoms with van der Waals surface area (Å²) >= 11 is 0. The number of primary amides is 1. The van der Waals surface area contributed by atoms with Crippen LogP contribution in [-0.4, -0.2) is 41.1 Å². The van der Waals surface area contributed by atoms with E-state index in [1.54, 1.807) is 19.1 Å². The van der Waals surface area contributed by atoms with E-state index in [1.165, 1.54) is 48.4 Å². The Hall–Kier alpha value is -3.89. The molecule has 1 aliphatic carbocycles. The first-order valence-electron chi connectivity index (χ1n) is 11.1. The molecule has 188 valence electrons. The van der Waals surface area contributed by atoms with Crippen molar-refractivity contribution >= 4 is 23.6 Å². The minimum absolute atomic E-state index is 0.0252. The third-order valence-corrected chi connectivity index (χ3v) is 5.20. The van der Waals surface area contributed by atoms with Gasteiger partial charge in [-0.05, 0) is 36.2 Å². The lowest BCUT2D eigenvalue weighted by Crippen LogP contribution is -2.32. The number of nitrogens with two attached hydrogens (primary N) is 1. The van der Waals surface area contributed by atoms with Crippen molar-refractivity contribution in [3.63, 3.8) is 0 Å². The molecule has 1 saturated carbocycles. The molecule has 4 rings (SSSR count). The first kappa shape index (κ1) is 25.7. The van der Waals surface area contributed by atoms with E-state index in [0.717, 1.165) is 0 Å². The minimum atomic E-state index is -3.06. The van der Waals surface area contributed by atoms with E-state index in [9.17, 15) is 23.2 Å². The van der Waals surface area contributed by atoms with E-state index < -0.39 is 30.6 Å². The van der Waals surface area contributed by atoms with E-state index >= 15 is 0 Å². The minimum Gasteiger partial charge on any atom is -0.490 e. The largest absolute Gasteiger partial charge is 0.490 e. The van der Waals surface area contributed by atoms with Crippen LogP contribution >= 0.6 is 0 Å². The highest BCUT2D eigenvalue weighted by Gasteiger charge is 2.36. The molecule has 0 aromatic heterocycles. The number of nitrogens with one attached hydrogen (secondary N) is 1. The number of rotatable bonds is 9. The summed E-state index contributed by atoms with van der Waals surface area (Å²) < 4.78 is 35.3. The Bertz CT molecular complexity index is 1090. The summed E-state index contributed by atoms with van der Waals surface area (Å²) in [6, 6.07) is 8.03. The summed E-state index contributed by atoms with van der Waals surface area (Å²) in [5, 5.41) is 11.2. The lowest BCUT2D eigenvalue weighted by molar-refractivity contribution is -0.119. The summed E-state index contributed by atoms with van der Waals surface area (Å²) in [6.45, 7) is -1.13. The highest BCUT2D eigenvalue weighted by atomic mass is 19.3. The van der Waals surface area contributed by atoms with Crippen molar-refractivity contribution < 1.29 is 37.7 Å². The Morgan fingerprint density at radius 3 is 2.46 bits per heavy atom. The average molecular weight is 491 g/mol. The highest BCUT2D eigenvalue weighted by Crippen LogP contribution is 2.39. The fourth-order valence-electron chi connectivity index (χ4n) is 3.65. The van der Waals surface area contributed by atoms with Gasteiger partial charge in [0.2, 0.25) is 5.91 Å². The molecule has 35 heavy (non-hydrogen) atoms. The molecule has 9 nitrogen and oxygen atoms in total. The normalized spacial score (nSPS) is 14.5. The Labute approximate surface area is 200 Å². The standard InChI is InChI=1S/C21H21F2N3O6.C3H6/c1-2-31-16-8-11(6-7-15(16)32-20(22)23)14(9-17(24)27)26-10-12-4-3-5-13(25-21(29)30)18(12)19(26)28;1-2-3-1/h3-8,14,20,25H,2,9-10H2,1H3,(H2,24,27)(H,29,30);1-3H2. The lowest BCUT2D eigenvalue weighted by Gasteiger charge is -2.28. The molecule has 2 aliphatic rings. The number of benzene rings is 2. The van der Waals surface area contributed by atoms with Crippen molar-refractivity contribution in [1.82, 2.24) is 4.90 Å². The number of nitrogens with zero attached hydrogens (tertiary/aromatic N) is 1. The van der Waals surface area contributed by atoms with E-state index in [1.807, 2.05) is 0 Å². The molecular weight excluding hydrogens is 464 g/mol. The Kier molecular flexibility index (Phi) is 8.45. The van der Waals surface area contributed by atoms with Crippen LogP contribution in [0.1, 0.15) is 60.1 Å². The zero-order valence-corrected chi connectivity index (χ0v) is 19.1. The van der Waals surface area contributed by atoms with Crippen LogP contribution in [0.25, 0.3) is 0 Å². The summed E-state index contributed by atoms with van der Waals surface area (Å²) in [5.41, 5.74) is 6.70. The van der Waals surface area contributed by atoms with Crippen molar-refractivity contribution in [1.29, 1.82) is 0 Å². The molecule has 0 spiro atoms. The van der Waals surface area contributed by atoms with Gasteiger partial charge in [0.1, 0.15) is 0 Å². The number of fused-ring (bicyclic) bond motifs is 1. The van der Waals surface area contributed by atoms with Gasteiger partial charge in [-0.25, -0.2) is 4.79 Å². The maximum atomic E-state index is 13.2. The molecule has 2 aromatic rings. The molecular formula is C24H27F2N3O6. The Morgan fingerprint density at radius 2 is 1.89 bits per heavy atom. The number of hydrogen-bond donors (Lipinski definition) is 3. The first-order chi connectivity index (χ1) is 16.7. The second-order valence-electron chi connectivity index (χ2n) is 7.97. The quantitative estimate of drug-likeness (QED) is 0.473. The smallest absolute Gasteiger partial charge is 0.409 e. The summed E-state index contributed by atoms with van der Waals surface area (Å²) in [7, 11) is 0. The maximum absolute atomic E-state index is 13.2. The maximum Gasteiger partial charge on any atom is 0.409 e. The van der Waals surface area contributed by atoms with Gasteiger partial charge < -0.3 is 25.2 Å². The van der Waals surface area contributed by atoms with Gasteiger partial charge in [0.25, 0.3) is 5.91 Å². The van der Waals surface area contributed by atoms with Crippen LogP contribution < -0.4 is 20.5 Å². The first-order valence-corrected chi connectivity index (χ1v) is 11.1. The Morgan fingerprint density at radius 1 is 1.17 bits per heavy atom. The summed E-state index contributed by atoms with van der Waals surface area (Å²) in [6.07, 6.45) is 2.93. The summed E-state index contributed by atoms with van der Waals surface area (Å²) in [4.78, 5) is 37.5. The number of carbonyl (C=O) groups is 3. The number of carbonyl (C=O) groups excluding carboxylic acids is 2. The third-order valence-electron chi connectivity index (χ3n) is 5.20. The van der Waals surface area contributed by atoms with Crippen molar-refractivity contribution in [3.8, 4) is 11.5 Å². The van der Waals surface area contributed by atoms with Crippen LogP contribution in [-0.2, 0) is 11.3 Å². The average Bonchev–Trinajstić information content (AvgIpc) is 3.62. The van der Waals surface area contributed by atoms with Crippen molar-refractivity contribution in [2.45, 2.75) is 51.8 Å². The van der Waals surface area contributed by atoms with Gasteiger partial charge in [0, 0.05) is 6.54 Å². The van der Waals surface area contributed by atoms with Crippen LogP contribution in [0.4, 0.5) is 19.3 Å². The van der Waals surface area contributed by atoms with Crippen LogP contribution in [0.5, 0.6) is 11.5 Å². The lowest BCUT2D eigenvalue weighted by atomic mass is 10.0. The van der Waals surface area contributed by atoms with E-state index in [2.05, 4.69) is 10.1 Å². The third kappa shape index (κ3) is 6.81. The molecule has 0 bridgehead atoms. The van der Waals surface area contributed by atoms with Gasteiger partial charge in [0.05, 0.1) is 30.3 Å². The van der Waals surface area contributed by atoms with E-state index in [4.69, 9.17) is 15.6 Å². The molecule has 1 fully saturated rings. The number of anilines is 1. The van der Waals surface area contributed by atoms with Crippen molar-refractivity contribution in [3.05, 3.63) is 53.1 Å². The van der Waals surface area contributed by atoms with Crippen molar-refractivity contribution in [2.75, 3.05) is 11.9 Å². The van der Waals surface area contributed by atoms with Gasteiger partial charge in [-0.1, -0.05) is 37.5 Å². The molecule has 0 saturated heterocycles. The molecule has 1 heterocycles. The second-order valence-corrected chi connectivity index (χ2v) is 7.97.